The van der Waals surface area contributed by atoms with Gasteiger partial charge in [0.1, 0.15) is 6.73 Å². The Morgan fingerprint density at radius 3 is 2.14 bits per heavy atom. The normalized spacial score (nSPS) is 23.6. The number of hydrogen-bond donors (Lipinski definition) is 1. The molecule has 0 atom stereocenters. The summed E-state index contributed by atoms with van der Waals surface area (Å²) in [7, 11) is 0. The first-order valence-electron chi connectivity index (χ1n) is 2.65. The number of nitrogens with zero attached hydrogens (tertiary/aromatic N) is 1. The van der Waals surface area contributed by atoms with Crippen molar-refractivity contribution < 1.29 is 5.11 Å². The van der Waals surface area contributed by atoms with Gasteiger partial charge in [0.25, 0.3) is 0 Å². The van der Waals surface area contributed by atoms with Crippen molar-refractivity contribution in [1.82, 2.24) is 4.90 Å². The summed E-state index contributed by atoms with van der Waals surface area (Å²) in [5, 5.41) is 8.37. The quantitative estimate of drug-likeness (QED) is 0.521. The van der Waals surface area contributed by atoms with Crippen molar-refractivity contribution in [3.05, 3.63) is 6.73 Å². The molecule has 41 valence electrons. The summed E-state index contributed by atoms with van der Waals surface area (Å²) in [5.41, 5.74) is 0. The van der Waals surface area contributed by atoms with Gasteiger partial charge in [0.15, 0.2) is 0 Å². The second kappa shape index (κ2) is 2.28. The summed E-state index contributed by atoms with van der Waals surface area (Å²) in [5.74, 6) is 0. The largest absolute Gasteiger partial charge is 0.374 e. The fraction of sp³-hybridized carbons (Fsp3) is 0.800. The Morgan fingerprint density at radius 1 is 1.29 bits per heavy atom. The van der Waals surface area contributed by atoms with Crippen LogP contribution in [0, 0.1) is 6.73 Å². The molecule has 7 heavy (non-hydrogen) atoms. The minimum absolute atomic E-state index is 1.04. The Hall–Kier alpha value is -0.0800. The molecule has 1 radical (unpaired) electrons. The van der Waals surface area contributed by atoms with Crippen molar-refractivity contribution in [2.24, 2.45) is 0 Å². The lowest BCUT2D eigenvalue weighted by Crippen LogP contribution is -2.14. The summed E-state index contributed by atoms with van der Waals surface area (Å²) in [4.78, 5) is 1.92. The molecule has 1 rings (SSSR count). The van der Waals surface area contributed by atoms with E-state index in [0.29, 0.717) is 0 Å². The number of likely N-dealkylation sites (tertiary alicyclic amines) is 1. The van der Waals surface area contributed by atoms with E-state index in [9.17, 15) is 0 Å². The molecular weight excluding hydrogens is 90.1 g/mol. The summed E-state index contributed by atoms with van der Waals surface area (Å²) >= 11 is 0. The lowest BCUT2D eigenvalue weighted by Gasteiger charge is -2.06. The van der Waals surface area contributed by atoms with Crippen LogP contribution in [-0.4, -0.2) is 23.1 Å². The molecule has 1 saturated heterocycles. The Labute approximate surface area is 43.7 Å². The van der Waals surface area contributed by atoms with Gasteiger partial charge in [-0.2, -0.15) is 0 Å². The molecule has 1 heterocycles. The van der Waals surface area contributed by atoms with Crippen molar-refractivity contribution in [1.29, 1.82) is 0 Å². The van der Waals surface area contributed by atoms with Crippen molar-refractivity contribution in [2.75, 3.05) is 13.1 Å². The van der Waals surface area contributed by atoms with Crippen LogP contribution in [0.3, 0.4) is 0 Å². The molecule has 0 amide bonds. The van der Waals surface area contributed by atoms with Crippen LogP contribution in [0.4, 0.5) is 0 Å². The van der Waals surface area contributed by atoms with Crippen molar-refractivity contribution in [3.63, 3.8) is 0 Å². The molecule has 1 aliphatic heterocycles. The van der Waals surface area contributed by atoms with E-state index >= 15 is 0 Å². The van der Waals surface area contributed by atoms with E-state index in [1.54, 1.807) is 0 Å². The Bertz CT molecular complexity index is 50.0. The van der Waals surface area contributed by atoms with Gasteiger partial charge in [0.2, 0.25) is 0 Å². The van der Waals surface area contributed by atoms with E-state index in [0.717, 1.165) is 13.1 Å². The highest BCUT2D eigenvalue weighted by molar-refractivity contribution is 4.66. The van der Waals surface area contributed by atoms with Gasteiger partial charge >= 0.3 is 0 Å². The zero-order chi connectivity index (χ0) is 5.11. The zero-order valence-electron chi connectivity index (χ0n) is 4.30. The molecule has 0 spiro atoms. The standard InChI is InChI=1S/C5H10NO/c7-5-6-3-1-2-4-6/h5,7H,1-4H2. The highest BCUT2D eigenvalue weighted by Gasteiger charge is 2.08. The zero-order valence-corrected chi connectivity index (χ0v) is 4.30. The highest BCUT2D eigenvalue weighted by atomic mass is 16.3. The van der Waals surface area contributed by atoms with E-state index in [2.05, 4.69) is 0 Å². The van der Waals surface area contributed by atoms with Crippen molar-refractivity contribution in [3.8, 4) is 0 Å². The Kier molecular flexibility index (Phi) is 1.65. The molecule has 0 aromatic carbocycles. The predicted octanol–water partition coefficient (Wildman–Crippen LogP) is 0.574. The van der Waals surface area contributed by atoms with Crippen LogP contribution in [0.15, 0.2) is 0 Å². The molecule has 0 aromatic heterocycles. The molecule has 1 N–H and O–H groups in total. The van der Waals surface area contributed by atoms with Crippen molar-refractivity contribution in [2.45, 2.75) is 12.8 Å². The lowest BCUT2D eigenvalue weighted by molar-refractivity contribution is 0.218. The maximum Gasteiger partial charge on any atom is 0.147 e. The molecule has 2 nitrogen and oxygen atoms in total. The summed E-state index contributed by atoms with van der Waals surface area (Å²) < 4.78 is 0. The first-order valence-corrected chi connectivity index (χ1v) is 2.65. The monoisotopic (exact) mass is 100 g/mol. The number of aliphatic hydroxyl groups is 1. The van der Waals surface area contributed by atoms with Gasteiger partial charge in [-0.15, -0.1) is 0 Å². The molecule has 2 heteroatoms. The van der Waals surface area contributed by atoms with Crippen LogP contribution < -0.4 is 0 Å². The van der Waals surface area contributed by atoms with Crippen LogP contribution in [0.2, 0.25) is 0 Å². The van der Waals surface area contributed by atoms with Gasteiger partial charge in [-0.3, -0.25) is 4.90 Å². The average Bonchev–Trinajstić information content (AvgIpc) is 2.14. The second-order valence-corrected chi connectivity index (χ2v) is 1.86. The third kappa shape index (κ3) is 1.14. The van der Waals surface area contributed by atoms with Crippen LogP contribution >= 0.6 is 0 Å². The molecule has 0 aromatic rings. The van der Waals surface area contributed by atoms with E-state index in [1.165, 1.54) is 19.6 Å². The van der Waals surface area contributed by atoms with E-state index < -0.39 is 0 Å². The van der Waals surface area contributed by atoms with Crippen LogP contribution in [0.1, 0.15) is 12.8 Å². The fourth-order valence-electron chi connectivity index (χ4n) is 0.857. The van der Waals surface area contributed by atoms with Gasteiger partial charge in [0.05, 0.1) is 0 Å². The third-order valence-electron chi connectivity index (χ3n) is 1.30. The molecule has 1 fully saturated rings. The Balaban J connectivity index is 2.14. The van der Waals surface area contributed by atoms with E-state index in [-0.39, 0.29) is 0 Å². The molecular formula is C5H10NO. The average molecular weight is 100 g/mol. The minimum Gasteiger partial charge on any atom is -0.374 e. The van der Waals surface area contributed by atoms with Crippen LogP contribution in [0.25, 0.3) is 0 Å². The van der Waals surface area contributed by atoms with Gasteiger partial charge in [-0.05, 0) is 12.8 Å². The van der Waals surface area contributed by atoms with Crippen LogP contribution in [-0.2, 0) is 0 Å². The first-order chi connectivity index (χ1) is 3.43. The van der Waals surface area contributed by atoms with Gasteiger partial charge in [-0.1, -0.05) is 0 Å². The SMILES string of the molecule is O[CH]N1CCCC1. The Morgan fingerprint density at radius 2 is 1.86 bits per heavy atom. The number of aliphatic hydroxyl groups excluding tert-OH is 1. The summed E-state index contributed by atoms with van der Waals surface area (Å²) in [6.07, 6.45) is 2.47. The van der Waals surface area contributed by atoms with Gasteiger partial charge in [0, 0.05) is 13.1 Å². The van der Waals surface area contributed by atoms with E-state index in [4.69, 9.17) is 5.11 Å². The molecule has 0 saturated carbocycles. The molecule has 0 bridgehead atoms. The number of hydrogen-bond acceptors (Lipinski definition) is 2. The summed E-state index contributed by atoms with van der Waals surface area (Å²) in [6, 6.07) is 0. The predicted molar refractivity (Wildman–Crippen MR) is 27.0 cm³/mol. The minimum atomic E-state index is 1.04. The third-order valence-corrected chi connectivity index (χ3v) is 1.30. The maximum absolute atomic E-state index is 8.37. The van der Waals surface area contributed by atoms with Crippen molar-refractivity contribution >= 4 is 0 Å². The first kappa shape index (κ1) is 5.06. The summed E-state index contributed by atoms with van der Waals surface area (Å²) in [6.45, 7) is 3.25. The van der Waals surface area contributed by atoms with E-state index in [1.807, 2.05) is 4.90 Å². The lowest BCUT2D eigenvalue weighted by atomic mass is 10.4. The second-order valence-electron chi connectivity index (χ2n) is 1.86. The maximum atomic E-state index is 8.37. The molecule has 0 aliphatic carbocycles. The molecule has 0 unspecified atom stereocenters. The van der Waals surface area contributed by atoms with Gasteiger partial charge in [-0.25, -0.2) is 0 Å². The topological polar surface area (TPSA) is 23.5 Å². The van der Waals surface area contributed by atoms with Gasteiger partial charge < -0.3 is 5.11 Å². The number of rotatable bonds is 1. The fourth-order valence-corrected chi connectivity index (χ4v) is 0.857. The smallest absolute Gasteiger partial charge is 0.147 e. The highest BCUT2D eigenvalue weighted by Crippen LogP contribution is 2.06. The molecule has 1 aliphatic rings. The van der Waals surface area contributed by atoms with Crippen LogP contribution in [0.5, 0.6) is 0 Å².